The molecule has 0 saturated heterocycles. The average Bonchev–Trinajstić information content (AvgIpc) is 2.94. The van der Waals surface area contributed by atoms with E-state index in [9.17, 15) is 8.42 Å². The number of hydrogen-bond acceptors (Lipinski definition) is 3. The van der Waals surface area contributed by atoms with Crippen LogP contribution >= 0.6 is 0 Å². The number of rotatable bonds is 7. The predicted octanol–water partition coefficient (Wildman–Crippen LogP) is 3.55. The summed E-state index contributed by atoms with van der Waals surface area (Å²) in [5, 5.41) is 4.28. The Morgan fingerprint density at radius 1 is 1.21 bits per heavy atom. The molecule has 0 spiro atoms. The predicted molar refractivity (Wildman–Crippen MR) is 96.4 cm³/mol. The van der Waals surface area contributed by atoms with E-state index in [1.54, 1.807) is 25.4 Å². The molecule has 0 fully saturated rings. The van der Waals surface area contributed by atoms with E-state index < -0.39 is 10.0 Å². The van der Waals surface area contributed by atoms with Gasteiger partial charge in [0.15, 0.2) is 0 Å². The largest absolute Gasteiger partial charge is 0.270 e. The first-order valence-corrected chi connectivity index (χ1v) is 9.82. The molecule has 0 saturated carbocycles. The van der Waals surface area contributed by atoms with Gasteiger partial charge in [-0.2, -0.15) is 9.40 Å². The van der Waals surface area contributed by atoms with Gasteiger partial charge in [0.25, 0.3) is 0 Å². The van der Waals surface area contributed by atoms with Crippen molar-refractivity contribution in [2.45, 2.75) is 58.0 Å². The second kappa shape index (κ2) is 7.49. The summed E-state index contributed by atoms with van der Waals surface area (Å²) in [6.45, 7) is 9.35. The number of benzene rings is 1. The van der Waals surface area contributed by atoms with Gasteiger partial charge in [0.2, 0.25) is 10.0 Å². The van der Waals surface area contributed by atoms with E-state index in [1.807, 2.05) is 30.7 Å². The van der Waals surface area contributed by atoms with Gasteiger partial charge in [0.1, 0.15) is 0 Å². The highest BCUT2D eigenvalue weighted by Crippen LogP contribution is 2.23. The minimum absolute atomic E-state index is 0.321. The van der Waals surface area contributed by atoms with Crippen LogP contribution in [0.3, 0.4) is 0 Å². The van der Waals surface area contributed by atoms with Crippen LogP contribution in [0.5, 0.6) is 0 Å². The maximum atomic E-state index is 12.8. The van der Waals surface area contributed by atoms with Crippen LogP contribution < -0.4 is 0 Å². The Labute approximate surface area is 145 Å². The molecule has 132 valence electrons. The van der Waals surface area contributed by atoms with Crippen molar-refractivity contribution in [3.05, 3.63) is 47.3 Å². The van der Waals surface area contributed by atoms with E-state index in [0.717, 1.165) is 24.2 Å². The van der Waals surface area contributed by atoms with Gasteiger partial charge >= 0.3 is 0 Å². The number of hydrogen-bond donors (Lipinski definition) is 0. The van der Waals surface area contributed by atoms with Gasteiger partial charge in [-0.15, -0.1) is 0 Å². The maximum absolute atomic E-state index is 12.8. The highest BCUT2D eigenvalue weighted by molar-refractivity contribution is 7.89. The molecule has 0 aliphatic carbocycles. The minimum atomic E-state index is -3.50. The summed E-state index contributed by atoms with van der Waals surface area (Å²) in [7, 11) is -1.89. The van der Waals surface area contributed by atoms with Crippen LogP contribution in [0.15, 0.2) is 35.4 Å². The van der Waals surface area contributed by atoms with Crippen LogP contribution in [-0.4, -0.2) is 29.6 Å². The number of sulfonamides is 1. The molecule has 1 unspecified atom stereocenters. The van der Waals surface area contributed by atoms with Crippen molar-refractivity contribution >= 4 is 10.0 Å². The second-order valence-corrected chi connectivity index (χ2v) is 8.26. The molecule has 2 aromatic rings. The summed E-state index contributed by atoms with van der Waals surface area (Å²) in [5.41, 5.74) is 3.10. The van der Waals surface area contributed by atoms with Crippen molar-refractivity contribution in [2.24, 2.45) is 0 Å². The van der Waals surface area contributed by atoms with E-state index in [1.165, 1.54) is 9.87 Å². The van der Waals surface area contributed by atoms with Gasteiger partial charge in [-0.05, 0) is 43.9 Å². The van der Waals surface area contributed by atoms with Gasteiger partial charge in [0.05, 0.1) is 11.1 Å². The van der Waals surface area contributed by atoms with E-state index in [4.69, 9.17) is 0 Å². The molecule has 24 heavy (non-hydrogen) atoms. The lowest BCUT2D eigenvalue weighted by Crippen LogP contribution is -2.26. The van der Waals surface area contributed by atoms with Crippen LogP contribution in [0, 0.1) is 6.92 Å². The van der Waals surface area contributed by atoms with Crippen molar-refractivity contribution in [2.75, 3.05) is 7.05 Å². The first-order chi connectivity index (χ1) is 11.3. The Bertz CT molecular complexity index is 779. The first kappa shape index (κ1) is 18.7. The van der Waals surface area contributed by atoms with Gasteiger partial charge in [-0.1, -0.05) is 26.0 Å². The molecule has 2 rings (SSSR count). The molecule has 1 heterocycles. The third-order valence-electron chi connectivity index (χ3n) is 4.67. The zero-order valence-electron chi connectivity index (χ0n) is 15.2. The molecular formula is C18H27N3O2S. The quantitative estimate of drug-likeness (QED) is 0.768. The number of aryl methyl sites for hydroxylation is 1. The van der Waals surface area contributed by atoms with E-state index in [-0.39, 0.29) is 0 Å². The Hall–Kier alpha value is -1.66. The lowest BCUT2D eigenvalue weighted by Gasteiger charge is -2.18. The van der Waals surface area contributed by atoms with Crippen LogP contribution in [0.25, 0.3) is 0 Å². The van der Waals surface area contributed by atoms with Gasteiger partial charge in [-0.25, -0.2) is 8.42 Å². The summed E-state index contributed by atoms with van der Waals surface area (Å²) in [6.07, 6.45) is 2.78. The van der Waals surface area contributed by atoms with Crippen molar-refractivity contribution in [3.63, 3.8) is 0 Å². The molecule has 0 bridgehead atoms. The van der Waals surface area contributed by atoms with Crippen molar-refractivity contribution in [3.8, 4) is 0 Å². The third kappa shape index (κ3) is 3.70. The zero-order valence-corrected chi connectivity index (χ0v) is 16.0. The monoisotopic (exact) mass is 349 g/mol. The molecule has 1 aromatic carbocycles. The fraction of sp³-hybridized carbons (Fsp3) is 0.500. The van der Waals surface area contributed by atoms with Crippen molar-refractivity contribution < 1.29 is 8.42 Å². The summed E-state index contributed by atoms with van der Waals surface area (Å²) < 4.78 is 28.8. The highest BCUT2D eigenvalue weighted by Gasteiger charge is 2.22. The van der Waals surface area contributed by atoms with Crippen LogP contribution in [0.4, 0.5) is 0 Å². The molecule has 1 aromatic heterocycles. The summed E-state index contributed by atoms with van der Waals surface area (Å²) in [6, 6.07) is 7.23. The summed E-state index contributed by atoms with van der Waals surface area (Å²) >= 11 is 0. The maximum Gasteiger partial charge on any atom is 0.243 e. The molecule has 1 atom stereocenters. The van der Waals surface area contributed by atoms with E-state index >= 15 is 0 Å². The first-order valence-electron chi connectivity index (χ1n) is 8.38. The Morgan fingerprint density at radius 2 is 1.83 bits per heavy atom. The van der Waals surface area contributed by atoms with Crippen molar-refractivity contribution in [1.82, 2.24) is 14.1 Å². The topological polar surface area (TPSA) is 55.2 Å². The Morgan fingerprint density at radius 3 is 2.33 bits per heavy atom. The SMILES string of the molecule is CCC(C)c1ccc(S(=O)(=O)N(C)Cc2cnn(CC)c2C)cc1. The lowest BCUT2D eigenvalue weighted by atomic mass is 9.99. The van der Waals surface area contributed by atoms with Gasteiger partial charge in [0, 0.05) is 31.4 Å². The van der Waals surface area contributed by atoms with Crippen molar-refractivity contribution in [1.29, 1.82) is 0 Å². The van der Waals surface area contributed by atoms with Crippen LogP contribution in [0.1, 0.15) is 49.9 Å². The third-order valence-corrected chi connectivity index (χ3v) is 6.48. The summed E-state index contributed by atoms with van der Waals surface area (Å²) in [4.78, 5) is 0.331. The molecule has 0 N–H and O–H groups in total. The fourth-order valence-electron chi connectivity index (χ4n) is 2.67. The molecule has 0 aliphatic rings. The lowest BCUT2D eigenvalue weighted by molar-refractivity contribution is 0.465. The number of nitrogens with zero attached hydrogens (tertiary/aromatic N) is 3. The zero-order chi connectivity index (χ0) is 17.9. The normalized spacial score (nSPS) is 13.4. The highest BCUT2D eigenvalue weighted by atomic mass is 32.2. The smallest absolute Gasteiger partial charge is 0.243 e. The van der Waals surface area contributed by atoms with Crippen LogP contribution in [0.2, 0.25) is 0 Å². The fourth-order valence-corrected chi connectivity index (χ4v) is 3.82. The Kier molecular flexibility index (Phi) is 5.83. The van der Waals surface area contributed by atoms with Gasteiger partial charge < -0.3 is 0 Å². The second-order valence-electron chi connectivity index (χ2n) is 6.21. The van der Waals surface area contributed by atoms with Crippen LogP contribution in [-0.2, 0) is 23.1 Å². The Balaban J connectivity index is 2.21. The van der Waals surface area contributed by atoms with E-state index in [0.29, 0.717) is 17.4 Å². The van der Waals surface area contributed by atoms with Gasteiger partial charge in [-0.3, -0.25) is 4.68 Å². The number of aromatic nitrogens is 2. The molecule has 5 nitrogen and oxygen atoms in total. The van der Waals surface area contributed by atoms with E-state index in [2.05, 4.69) is 18.9 Å². The molecule has 0 radical (unpaired) electrons. The molecule has 0 amide bonds. The summed E-state index contributed by atoms with van der Waals surface area (Å²) in [5.74, 6) is 0.432. The average molecular weight is 350 g/mol. The molecule has 0 aliphatic heterocycles. The molecular weight excluding hydrogens is 322 g/mol. The molecule has 6 heteroatoms. The standard InChI is InChI=1S/C18H27N3O2S/c1-6-14(3)16-8-10-18(11-9-16)24(22,23)20(5)13-17-12-19-21(7-2)15(17)4/h8-12,14H,6-7,13H2,1-5H3. The minimum Gasteiger partial charge on any atom is -0.270 e.